The summed E-state index contributed by atoms with van der Waals surface area (Å²) in [6, 6.07) is 4.04. The summed E-state index contributed by atoms with van der Waals surface area (Å²) in [5, 5.41) is 18.8. The number of anilines is 1. The van der Waals surface area contributed by atoms with Gasteiger partial charge in [-0.15, -0.1) is 0 Å². The lowest BCUT2D eigenvalue weighted by atomic mass is 10.1. The van der Waals surface area contributed by atoms with Crippen molar-refractivity contribution in [1.82, 2.24) is 4.90 Å². The number of carbonyl (C=O) groups is 2. The molecule has 2 rings (SSSR count). The van der Waals surface area contributed by atoms with Crippen LogP contribution in [0, 0.1) is 5.92 Å². The number of benzene rings is 1. The zero-order valence-corrected chi connectivity index (χ0v) is 13.9. The van der Waals surface area contributed by atoms with Gasteiger partial charge in [0.25, 0.3) is 0 Å². The molecule has 7 nitrogen and oxygen atoms in total. The highest BCUT2D eigenvalue weighted by Gasteiger charge is 2.34. The molecular formula is C17H24N2O5. The third-order valence-electron chi connectivity index (χ3n) is 3.98. The highest BCUT2D eigenvalue weighted by Crippen LogP contribution is 2.25. The number of aliphatic hydroxyl groups excluding tert-OH is 1. The first kappa shape index (κ1) is 18.1. The molecule has 1 aliphatic rings. The summed E-state index contributed by atoms with van der Waals surface area (Å²) in [4.78, 5) is 24.8. The number of β-amino-alcohol motifs (C(OH)–C–C–N with tert-alkyl or cyclic N) is 1. The average molecular weight is 336 g/mol. The number of ether oxygens (including phenoxy) is 1. The first-order chi connectivity index (χ1) is 11.3. The summed E-state index contributed by atoms with van der Waals surface area (Å²) in [5.41, 5.74) is 6.13. The van der Waals surface area contributed by atoms with Gasteiger partial charge in [-0.2, -0.15) is 0 Å². The Kier molecular flexibility index (Phi) is 5.66. The molecule has 2 unspecified atom stereocenters. The molecule has 1 saturated heterocycles. The van der Waals surface area contributed by atoms with Crippen molar-refractivity contribution in [3.8, 4) is 5.75 Å². The Morgan fingerprint density at radius 1 is 1.42 bits per heavy atom. The van der Waals surface area contributed by atoms with E-state index in [0.29, 0.717) is 25.1 Å². The number of rotatable bonds is 6. The zero-order valence-electron chi connectivity index (χ0n) is 13.9. The number of nitrogens with zero attached hydrogens (tertiary/aromatic N) is 1. The summed E-state index contributed by atoms with van der Waals surface area (Å²) < 4.78 is 5.67. The smallest absolute Gasteiger partial charge is 0.335 e. The number of aromatic carboxylic acids is 1. The number of aliphatic hydroxyl groups is 1. The van der Waals surface area contributed by atoms with Gasteiger partial charge in [0, 0.05) is 13.0 Å². The number of hydrogen-bond donors (Lipinski definition) is 3. The monoisotopic (exact) mass is 336 g/mol. The van der Waals surface area contributed by atoms with Gasteiger partial charge in [0.1, 0.15) is 12.4 Å². The number of carboxylic acids is 1. The largest absolute Gasteiger partial charge is 0.489 e. The van der Waals surface area contributed by atoms with E-state index in [1.807, 2.05) is 13.8 Å². The average Bonchev–Trinajstić information content (AvgIpc) is 2.86. The van der Waals surface area contributed by atoms with Crippen molar-refractivity contribution in [1.29, 1.82) is 0 Å². The molecule has 1 aliphatic heterocycles. The van der Waals surface area contributed by atoms with Gasteiger partial charge in [-0.1, -0.05) is 13.8 Å². The second-order valence-electron chi connectivity index (χ2n) is 6.56. The van der Waals surface area contributed by atoms with E-state index in [1.54, 1.807) is 4.90 Å². The number of likely N-dealkylation sites (tertiary alicyclic amines) is 1. The number of nitrogen functional groups attached to an aromatic ring is 1. The molecule has 0 saturated carbocycles. The van der Waals surface area contributed by atoms with Crippen molar-refractivity contribution in [2.45, 2.75) is 38.8 Å². The van der Waals surface area contributed by atoms with E-state index in [2.05, 4.69) is 0 Å². The molecule has 0 bridgehead atoms. The lowest BCUT2D eigenvalue weighted by Crippen LogP contribution is -2.39. The molecule has 2 atom stereocenters. The molecule has 24 heavy (non-hydrogen) atoms. The Hall–Kier alpha value is -2.28. The molecule has 1 aromatic rings. The Morgan fingerprint density at radius 2 is 2.12 bits per heavy atom. The van der Waals surface area contributed by atoms with E-state index in [-0.39, 0.29) is 35.7 Å². The first-order valence-corrected chi connectivity index (χ1v) is 8.01. The normalized spacial score (nSPS) is 20.4. The van der Waals surface area contributed by atoms with Gasteiger partial charge < -0.3 is 25.6 Å². The number of nitrogens with two attached hydrogens (primary N) is 1. The molecule has 132 valence electrons. The van der Waals surface area contributed by atoms with Crippen molar-refractivity contribution >= 4 is 17.6 Å². The molecule has 0 radical (unpaired) electrons. The van der Waals surface area contributed by atoms with Gasteiger partial charge in [-0.3, -0.25) is 4.79 Å². The van der Waals surface area contributed by atoms with Crippen molar-refractivity contribution < 1.29 is 24.5 Å². The van der Waals surface area contributed by atoms with Gasteiger partial charge in [0.2, 0.25) is 5.91 Å². The number of carboxylic acid groups (broad SMARTS) is 1. The van der Waals surface area contributed by atoms with Gasteiger partial charge >= 0.3 is 5.97 Å². The molecule has 1 fully saturated rings. The molecule has 1 heterocycles. The van der Waals surface area contributed by atoms with Crippen LogP contribution in [0.5, 0.6) is 5.75 Å². The number of carbonyl (C=O) groups excluding carboxylic acids is 1. The lowest BCUT2D eigenvalue weighted by molar-refractivity contribution is -0.133. The predicted molar refractivity (Wildman–Crippen MR) is 88.9 cm³/mol. The minimum absolute atomic E-state index is 0.00403. The van der Waals surface area contributed by atoms with Crippen molar-refractivity contribution in [2.24, 2.45) is 5.92 Å². The molecule has 0 aromatic heterocycles. The number of amides is 1. The molecule has 7 heteroatoms. The van der Waals surface area contributed by atoms with Crippen LogP contribution in [0.4, 0.5) is 5.69 Å². The fraction of sp³-hybridized carbons (Fsp3) is 0.529. The predicted octanol–water partition coefficient (Wildman–Crippen LogP) is 1.35. The fourth-order valence-corrected chi connectivity index (χ4v) is 2.82. The first-order valence-electron chi connectivity index (χ1n) is 8.01. The van der Waals surface area contributed by atoms with Gasteiger partial charge in [0.15, 0.2) is 0 Å². The molecular weight excluding hydrogens is 312 g/mol. The van der Waals surface area contributed by atoms with Gasteiger partial charge in [-0.25, -0.2) is 4.79 Å². The maximum atomic E-state index is 12.3. The van der Waals surface area contributed by atoms with Crippen molar-refractivity contribution in [3.05, 3.63) is 23.8 Å². The lowest BCUT2D eigenvalue weighted by Gasteiger charge is -2.25. The highest BCUT2D eigenvalue weighted by atomic mass is 16.5. The van der Waals surface area contributed by atoms with E-state index in [4.69, 9.17) is 15.6 Å². The minimum atomic E-state index is -1.06. The van der Waals surface area contributed by atoms with E-state index >= 15 is 0 Å². The topological polar surface area (TPSA) is 113 Å². The Morgan fingerprint density at radius 3 is 2.71 bits per heavy atom. The SMILES string of the molecule is CC(C)CC(=O)N1CC(O)CC1COc1ccc(C(=O)O)cc1N. The summed E-state index contributed by atoms with van der Waals surface area (Å²) in [6.07, 6.45) is 0.330. The molecule has 1 amide bonds. The van der Waals surface area contributed by atoms with Gasteiger partial charge in [0.05, 0.1) is 23.4 Å². The van der Waals surface area contributed by atoms with Crippen LogP contribution in [0.15, 0.2) is 18.2 Å². The maximum Gasteiger partial charge on any atom is 0.335 e. The Bertz CT molecular complexity index is 617. The van der Waals surface area contributed by atoms with Crippen LogP contribution in [0.3, 0.4) is 0 Å². The van der Waals surface area contributed by atoms with E-state index < -0.39 is 12.1 Å². The van der Waals surface area contributed by atoms with E-state index in [0.717, 1.165) is 0 Å². The van der Waals surface area contributed by atoms with E-state index in [1.165, 1.54) is 18.2 Å². The standard InChI is InChI=1S/C17H24N2O5/c1-10(2)5-16(21)19-8-13(20)7-12(19)9-24-15-4-3-11(17(22)23)6-14(15)18/h3-4,6,10,12-13,20H,5,7-9,18H2,1-2H3,(H,22,23). The highest BCUT2D eigenvalue weighted by molar-refractivity contribution is 5.89. The van der Waals surface area contributed by atoms with Crippen molar-refractivity contribution in [2.75, 3.05) is 18.9 Å². The van der Waals surface area contributed by atoms with Gasteiger partial charge in [-0.05, 0) is 30.5 Å². The Balaban J connectivity index is 2.01. The molecule has 0 spiro atoms. The maximum absolute atomic E-state index is 12.3. The quantitative estimate of drug-likeness (QED) is 0.676. The summed E-state index contributed by atoms with van der Waals surface area (Å²) in [6.45, 7) is 4.46. The summed E-state index contributed by atoms with van der Waals surface area (Å²) in [7, 11) is 0. The molecule has 1 aromatic carbocycles. The van der Waals surface area contributed by atoms with Crippen LogP contribution in [0.2, 0.25) is 0 Å². The van der Waals surface area contributed by atoms with Crippen LogP contribution < -0.4 is 10.5 Å². The third-order valence-corrected chi connectivity index (χ3v) is 3.98. The molecule has 0 aliphatic carbocycles. The zero-order chi connectivity index (χ0) is 17.9. The summed E-state index contributed by atoms with van der Waals surface area (Å²) in [5.74, 6) is -0.435. The second-order valence-corrected chi connectivity index (χ2v) is 6.56. The fourth-order valence-electron chi connectivity index (χ4n) is 2.82. The van der Waals surface area contributed by atoms with E-state index in [9.17, 15) is 14.7 Å². The summed E-state index contributed by atoms with van der Waals surface area (Å²) >= 11 is 0. The van der Waals surface area contributed by atoms with Crippen LogP contribution in [0.25, 0.3) is 0 Å². The Labute approximate surface area is 141 Å². The second kappa shape index (κ2) is 7.53. The number of hydrogen-bond acceptors (Lipinski definition) is 5. The minimum Gasteiger partial charge on any atom is -0.489 e. The van der Waals surface area contributed by atoms with Crippen LogP contribution in [0.1, 0.15) is 37.0 Å². The molecule has 4 N–H and O–H groups in total. The third kappa shape index (κ3) is 4.38. The van der Waals surface area contributed by atoms with Crippen molar-refractivity contribution in [3.63, 3.8) is 0 Å². The van der Waals surface area contributed by atoms with Crippen LogP contribution >= 0.6 is 0 Å². The van der Waals surface area contributed by atoms with Crippen LogP contribution in [-0.2, 0) is 4.79 Å². The van der Waals surface area contributed by atoms with Crippen LogP contribution in [-0.4, -0.2) is 52.3 Å².